The normalized spacial score (nSPS) is 10.4. The van der Waals surface area contributed by atoms with E-state index >= 15 is 0 Å². The molecule has 6 heteroatoms. The van der Waals surface area contributed by atoms with Crippen molar-refractivity contribution in [2.45, 2.75) is 18.2 Å². The second-order valence-corrected chi connectivity index (χ2v) is 4.19. The Morgan fingerprint density at radius 2 is 2.31 bits per heavy atom. The fourth-order valence-corrected chi connectivity index (χ4v) is 1.79. The van der Waals surface area contributed by atoms with Crippen LogP contribution < -0.4 is 0 Å². The molecule has 0 aliphatic carbocycles. The Hall–Kier alpha value is -0.590. The predicted molar refractivity (Wildman–Crippen MR) is 61.5 cm³/mol. The van der Waals surface area contributed by atoms with E-state index in [-0.39, 0.29) is 5.78 Å². The molecule has 0 amide bonds. The number of hydrogen-bond acceptors (Lipinski definition) is 5. The van der Waals surface area contributed by atoms with Crippen LogP contribution in [0.3, 0.4) is 0 Å². The number of Topliss-reactive ketones (excluding diaryl/α,β-unsaturated/α-hetero) is 1. The van der Waals surface area contributed by atoms with Crippen LogP contribution in [0, 0.1) is 6.92 Å². The molecule has 0 unspecified atom stereocenters. The molecular weight excluding hydrogens is 252 g/mol. The Morgan fingerprint density at radius 1 is 1.56 bits per heavy atom. The quantitative estimate of drug-likeness (QED) is 0.280. The number of carbonyl (C=O) groups excluding carboxylic acids is 1. The lowest BCUT2D eigenvalue weighted by atomic mass is 10.1. The minimum absolute atomic E-state index is 0.00831. The zero-order chi connectivity index (χ0) is 12.0. The third-order valence-corrected chi connectivity index (χ3v) is 2.93. The third kappa shape index (κ3) is 3.77. The highest BCUT2D eigenvalue weighted by Crippen LogP contribution is 2.24. The van der Waals surface area contributed by atoms with Gasteiger partial charge in [-0.25, -0.2) is 5.26 Å². The summed E-state index contributed by atoms with van der Waals surface area (Å²) in [6, 6.07) is 5.16. The van der Waals surface area contributed by atoms with Crippen molar-refractivity contribution in [3.63, 3.8) is 0 Å². The summed E-state index contributed by atoms with van der Waals surface area (Å²) in [6.45, 7) is 1.83. The van der Waals surface area contributed by atoms with Gasteiger partial charge in [0.25, 0.3) is 0 Å². The SMILES string of the molecule is Cc1cc(C(=O)CCCl)ccc1SOOO. The Kier molecular flexibility index (Phi) is 5.79. The van der Waals surface area contributed by atoms with Gasteiger partial charge in [0.05, 0.1) is 12.0 Å². The van der Waals surface area contributed by atoms with Crippen molar-refractivity contribution in [1.29, 1.82) is 0 Å². The van der Waals surface area contributed by atoms with E-state index in [1.54, 1.807) is 18.2 Å². The van der Waals surface area contributed by atoms with Gasteiger partial charge in [0.1, 0.15) is 0 Å². The summed E-state index contributed by atoms with van der Waals surface area (Å²) >= 11 is 6.37. The summed E-state index contributed by atoms with van der Waals surface area (Å²) in [5.41, 5.74) is 1.48. The molecule has 0 fully saturated rings. The third-order valence-electron chi connectivity index (χ3n) is 1.97. The highest BCUT2D eigenvalue weighted by molar-refractivity contribution is 7.94. The number of benzene rings is 1. The standard InChI is InChI=1S/C10H11ClO4S/c1-7-6-8(9(12)4-5-11)2-3-10(7)16-15-14-13/h2-3,6,13H,4-5H2,1H3. The highest BCUT2D eigenvalue weighted by atomic mass is 35.5. The summed E-state index contributed by atoms with van der Waals surface area (Å²) in [4.78, 5) is 12.3. The smallest absolute Gasteiger partial charge is 0.164 e. The van der Waals surface area contributed by atoms with Crippen molar-refractivity contribution in [2.75, 3.05) is 5.88 Å². The maximum atomic E-state index is 11.5. The van der Waals surface area contributed by atoms with Crippen LogP contribution in [0.2, 0.25) is 0 Å². The zero-order valence-corrected chi connectivity index (χ0v) is 10.2. The number of carbonyl (C=O) groups is 1. The average Bonchev–Trinajstić information content (AvgIpc) is 2.27. The summed E-state index contributed by atoms with van der Waals surface area (Å²) in [7, 11) is 0. The van der Waals surface area contributed by atoms with Crippen molar-refractivity contribution in [3.8, 4) is 0 Å². The van der Waals surface area contributed by atoms with Gasteiger partial charge in [-0.1, -0.05) is 11.1 Å². The molecule has 0 aliphatic heterocycles. The largest absolute Gasteiger partial charge is 0.294 e. The lowest BCUT2D eigenvalue weighted by molar-refractivity contribution is -0.432. The molecule has 0 radical (unpaired) electrons. The van der Waals surface area contributed by atoms with Crippen LogP contribution in [-0.2, 0) is 9.37 Å². The number of halogens is 1. The molecule has 1 aromatic carbocycles. The van der Waals surface area contributed by atoms with Gasteiger partial charge >= 0.3 is 0 Å². The number of ketones is 1. The number of alkyl halides is 1. The number of aryl methyl sites for hydroxylation is 1. The number of hydrogen-bond donors (Lipinski definition) is 1. The van der Waals surface area contributed by atoms with E-state index < -0.39 is 0 Å². The molecule has 0 spiro atoms. The molecular formula is C10H11ClO4S. The summed E-state index contributed by atoms with van der Waals surface area (Å²) < 4.78 is 4.31. The zero-order valence-electron chi connectivity index (χ0n) is 8.60. The number of rotatable bonds is 6. The van der Waals surface area contributed by atoms with E-state index in [2.05, 4.69) is 9.37 Å². The van der Waals surface area contributed by atoms with Gasteiger partial charge in [0.2, 0.25) is 0 Å². The first-order valence-electron chi connectivity index (χ1n) is 4.53. The minimum atomic E-state index is 0.00831. The maximum Gasteiger partial charge on any atom is 0.164 e. The maximum absolute atomic E-state index is 11.5. The second kappa shape index (κ2) is 6.88. The molecule has 0 atom stereocenters. The lowest BCUT2D eigenvalue weighted by Gasteiger charge is -2.05. The molecule has 0 aromatic heterocycles. The van der Waals surface area contributed by atoms with Gasteiger partial charge in [-0.3, -0.25) is 4.79 Å². The van der Waals surface area contributed by atoms with Crippen LogP contribution in [0.25, 0.3) is 0 Å². The van der Waals surface area contributed by atoms with Gasteiger partial charge in [0.15, 0.2) is 5.78 Å². The summed E-state index contributed by atoms with van der Waals surface area (Å²) in [6.07, 6.45) is 0.323. The Balaban J connectivity index is 2.78. The van der Waals surface area contributed by atoms with E-state index in [9.17, 15) is 4.79 Å². The first-order valence-corrected chi connectivity index (χ1v) is 5.81. The molecule has 1 rings (SSSR count). The Bertz CT molecular complexity index is 370. The van der Waals surface area contributed by atoms with Gasteiger partial charge in [0, 0.05) is 22.8 Å². The summed E-state index contributed by atoms with van der Waals surface area (Å²) in [5, 5.41) is 11.5. The minimum Gasteiger partial charge on any atom is -0.294 e. The van der Waals surface area contributed by atoms with Crippen molar-refractivity contribution in [2.24, 2.45) is 0 Å². The molecule has 0 saturated heterocycles. The lowest BCUT2D eigenvalue weighted by Crippen LogP contribution is -2.00. The average molecular weight is 263 g/mol. The van der Waals surface area contributed by atoms with Crippen LogP contribution in [0.4, 0.5) is 0 Å². The van der Waals surface area contributed by atoms with Crippen molar-refractivity contribution < 1.29 is 19.4 Å². The monoisotopic (exact) mass is 262 g/mol. The van der Waals surface area contributed by atoms with Crippen LogP contribution in [-0.4, -0.2) is 16.9 Å². The molecule has 1 N–H and O–H groups in total. The Labute approximate surface area is 103 Å². The summed E-state index contributed by atoms with van der Waals surface area (Å²) in [5.74, 6) is 0.324. The second-order valence-electron chi connectivity index (χ2n) is 3.07. The Morgan fingerprint density at radius 3 is 2.88 bits per heavy atom. The highest BCUT2D eigenvalue weighted by Gasteiger charge is 2.08. The van der Waals surface area contributed by atoms with E-state index in [1.807, 2.05) is 6.92 Å². The van der Waals surface area contributed by atoms with Gasteiger partial charge in [-0.15, -0.1) is 15.9 Å². The molecule has 16 heavy (non-hydrogen) atoms. The van der Waals surface area contributed by atoms with Crippen molar-refractivity contribution in [1.82, 2.24) is 0 Å². The topological polar surface area (TPSA) is 55.8 Å². The molecule has 88 valence electrons. The van der Waals surface area contributed by atoms with Crippen molar-refractivity contribution >= 4 is 29.4 Å². The first-order chi connectivity index (χ1) is 7.69. The molecule has 0 bridgehead atoms. The molecule has 1 aromatic rings. The van der Waals surface area contributed by atoms with Crippen molar-refractivity contribution in [3.05, 3.63) is 29.3 Å². The predicted octanol–water partition coefficient (Wildman–Crippen LogP) is 3.23. The van der Waals surface area contributed by atoms with E-state index in [0.717, 1.165) is 22.5 Å². The van der Waals surface area contributed by atoms with E-state index in [0.29, 0.717) is 17.9 Å². The van der Waals surface area contributed by atoms with E-state index in [1.165, 1.54) is 0 Å². The molecule has 0 saturated carbocycles. The van der Waals surface area contributed by atoms with Crippen LogP contribution in [0.5, 0.6) is 0 Å². The van der Waals surface area contributed by atoms with Crippen LogP contribution >= 0.6 is 23.6 Å². The van der Waals surface area contributed by atoms with Gasteiger partial charge in [-0.05, 0) is 24.6 Å². The van der Waals surface area contributed by atoms with Gasteiger partial charge in [-0.2, -0.15) is 0 Å². The van der Waals surface area contributed by atoms with E-state index in [4.69, 9.17) is 16.9 Å². The van der Waals surface area contributed by atoms with Gasteiger partial charge < -0.3 is 0 Å². The molecule has 0 aliphatic rings. The first kappa shape index (κ1) is 13.5. The molecule has 4 nitrogen and oxygen atoms in total. The van der Waals surface area contributed by atoms with Crippen LogP contribution in [0.1, 0.15) is 22.3 Å². The fourth-order valence-electron chi connectivity index (χ4n) is 1.20. The fraction of sp³-hybridized carbons (Fsp3) is 0.300. The van der Waals surface area contributed by atoms with Crippen LogP contribution in [0.15, 0.2) is 23.1 Å². The molecule has 0 heterocycles.